The number of carbonyl (C=O) groups excluding carboxylic acids is 2. The van der Waals surface area contributed by atoms with Crippen LogP contribution in [-0.2, 0) is 16.1 Å². The average molecular weight is 341 g/mol. The zero-order valence-corrected chi connectivity index (χ0v) is 14.1. The normalized spacial score (nSPS) is 10.8. The fourth-order valence-corrected chi connectivity index (χ4v) is 2.51. The second-order valence-electron chi connectivity index (χ2n) is 5.80. The number of carbonyl (C=O) groups is 2. The molecule has 25 heavy (non-hydrogen) atoms. The van der Waals surface area contributed by atoms with Crippen molar-refractivity contribution in [1.82, 2.24) is 19.6 Å². The van der Waals surface area contributed by atoms with Gasteiger partial charge in [-0.2, -0.15) is 0 Å². The number of imidazole rings is 1. The number of nitrogens with one attached hydrogen (secondary N) is 1. The molecule has 0 spiro atoms. The summed E-state index contributed by atoms with van der Waals surface area (Å²) in [5.41, 5.74) is 1.88. The van der Waals surface area contributed by atoms with Gasteiger partial charge in [0.1, 0.15) is 5.76 Å². The Morgan fingerprint density at radius 1 is 1.32 bits per heavy atom. The number of amides is 2. The molecule has 2 heterocycles. The molecule has 2 aromatic heterocycles. The molecular weight excluding hydrogens is 322 g/mol. The van der Waals surface area contributed by atoms with Gasteiger partial charge in [-0.05, 0) is 19.1 Å². The predicted octanol–water partition coefficient (Wildman–Crippen LogP) is 1.82. The van der Waals surface area contributed by atoms with Crippen molar-refractivity contribution in [3.63, 3.8) is 0 Å². The minimum absolute atomic E-state index is 0.0462. The van der Waals surface area contributed by atoms with Gasteiger partial charge in [-0.3, -0.25) is 9.59 Å². The first-order valence-corrected chi connectivity index (χ1v) is 7.90. The lowest BCUT2D eigenvalue weighted by Gasteiger charge is -2.16. The Morgan fingerprint density at radius 3 is 2.88 bits per heavy atom. The number of hydrogen-bond acceptors (Lipinski definition) is 5. The van der Waals surface area contributed by atoms with E-state index in [-0.39, 0.29) is 24.8 Å². The van der Waals surface area contributed by atoms with E-state index in [1.807, 2.05) is 28.8 Å². The van der Waals surface area contributed by atoms with Gasteiger partial charge in [-0.1, -0.05) is 17.3 Å². The second kappa shape index (κ2) is 7.16. The van der Waals surface area contributed by atoms with E-state index in [1.165, 1.54) is 4.90 Å². The Labute approximate surface area is 144 Å². The number of para-hydroxylation sites is 2. The lowest BCUT2D eigenvalue weighted by molar-refractivity contribution is -0.133. The Bertz CT molecular complexity index is 898. The first-order valence-electron chi connectivity index (χ1n) is 7.90. The molecule has 0 saturated heterocycles. The van der Waals surface area contributed by atoms with Crippen LogP contribution in [0.4, 0.5) is 5.82 Å². The van der Waals surface area contributed by atoms with Crippen molar-refractivity contribution in [3.8, 4) is 0 Å². The Morgan fingerprint density at radius 2 is 2.12 bits per heavy atom. The van der Waals surface area contributed by atoms with Crippen LogP contribution in [0, 0.1) is 6.92 Å². The Hall–Kier alpha value is -3.16. The third-order valence-electron chi connectivity index (χ3n) is 3.80. The molecule has 130 valence electrons. The molecule has 0 aliphatic heterocycles. The smallest absolute Gasteiger partial charge is 0.245 e. The molecule has 8 nitrogen and oxygen atoms in total. The van der Waals surface area contributed by atoms with Gasteiger partial charge in [0.05, 0.1) is 23.9 Å². The maximum absolute atomic E-state index is 12.2. The van der Waals surface area contributed by atoms with Crippen LogP contribution in [-0.4, -0.2) is 45.0 Å². The zero-order chi connectivity index (χ0) is 17.8. The first-order chi connectivity index (χ1) is 12.0. The van der Waals surface area contributed by atoms with Gasteiger partial charge in [0.15, 0.2) is 5.82 Å². The minimum Gasteiger partial charge on any atom is -0.360 e. The molecular formula is C17H19N5O3. The molecule has 8 heteroatoms. The highest BCUT2D eigenvalue weighted by atomic mass is 16.5. The standard InChI is InChI=1S/C17H19N5O3/c1-12-9-15(20-25-12)19-16(23)10-21(2)17(24)7-8-22-11-18-13-5-3-4-6-14(13)22/h3-6,9,11H,7-8,10H2,1-2H3,(H,19,20,23). The van der Waals surface area contributed by atoms with E-state index in [4.69, 9.17) is 4.52 Å². The minimum atomic E-state index is -0.322. The van der Waals surface area contributed by atoms with Crippen molar-refractivity contribution < 1.29 is 14.1 Å². The largest absolute Gasteiger partial charge is 0.360 e. The fraction of sp³-hybridized carbons (Fsp3) is 0.294. The summed E-state index contributed by atoms with van der Waals surface area (Å²) in [5.74, 6) is 0.502. The second-order valence-corrected chi connectivity index (χ2v) is 5.80. The lowest BCUT2D eigenvalue weighted by Crippen LogP contribution is -2.35. The number of aryl methyl sites for hydroxylation is 2. The van der Waals surface area contributed by atoms with Gasteiger partial charge >= 0.3 is 0 Å². The Kier molecular flexibility index (Phi) is 4.78. The highest BCUT2D eigenvalue weighted by Crippen LogP contribution is 2.12. The number of anilines is 1. The summed E-state index contributed by atoms with van der Waals surface area (Å²) in [4.78, 5) is 29.9. The van der Waals surface area contributed by atoms with Gasteiger partial charge in [0, 0.05) is 26.1 Å². The van der Waals surface area contributed by atoms with Gasteiger partial charge in [-0.25, -0.2) is 4.98 Å². The zero-order valence-electron chi connectivity index (χ0n) is 14.1. The molecule has 0 unspecified atom stereocenters. The number of fused-ring (bicyclic) bond motifs is 1. The molecule has 2 amide bonds. The van der Waals surface area contributed by atoms with E-state index >= 15 is 0 Å². The van der Waals surface area contributed by atoms with E-state index in [0.29, 0.717) is 18.1 Å². The Balaban J connectivity index is 1.51. The number of rotatable bonds is 6. The SMILES string of the molecule is Cc1cc(NC(=O)CN(C)C(=O)CCn2cnc3ccccc32)no1. The van der Waals surface area contributed by atoms with Crippen LogP contribution in [0.5, 0.6) is 0 Å². The van der Waals surface area contributed by atoms with Crippen LogP contribution in [0.1, 0.15) is 12.2 Å². The van der Waals surface area contributed by atoms with Crippen LogP contribution in [0.15, 0.2) is 41.2 Å². The topological polar surface area (TPSA) is 93.3 Å². The van der Waals surface area contributed by atoms with E-state index < -0.39 is 0 Å². The van der Waals surface area contributed by atoms with Crippen molar-refractivity contribution in [2.45, 2.75) is 19.9 Å². The number of benzene rings is 1. The van der Waals surface area contributed by atoms with Crippen molar-refractivity contribution in [2.75, 3.05) is 18.9 Å². The molecule has 0 saturated carbocycles. The quantitative estimate of drug-likeness (QED) is 0.738. The van der Waals surface area contributed by atoms with Crippen LogP contribution in [0.3, 0.4) is 0 Å². The van der Waals surface area contributed by atoms with Gasteiger partial charge in [0.2, 0.25) is 11.8 Å². The van der Waals surface area contributed by atoms with Crippen LogP contribution < -0.4 is 5.32 Å². The van der Waals surface area contributed by atoms with E-state index in [2.05, 4.69) is 15.5 Å². The van der Waals surface area contributed by atoms with Crippen LogP contribution in [0.25, 0.3) is 11.0 Å². The third-order valence-corrected chi connectivity index (χ3v) is 3.80. The van der Waals surface area contributed by atoms with E-state index in [1.54, 1.807) is 26.4 Å². The summed E-state index contributed by atoms with van der Waals surface area (Å²) < 4.78 is 6.81. The highest BCUT2D eigenvalue weighted by molar-refractivity contribution is 5.93. The molecule has 0 aliphatic rings. The van der Waals surface area contributed by atoms with Crippen molar-refractivity contribution >= 4 is 28.7 Å². The van der Waals surface area contributed by atoms with E-state index in [0.717, 1.165) is 11.0 Å². The average Bonchev–Trinajstić information content (AvgIpc) is 3.18. The summed E-state index contributed by atoms with van der Waals surface area (Å²) in [5, 5.41) is 6.28. The number of aromatic nitrogens is 3. The van der Waals surface area contributed by atoms with E-state index in [9.17, 15) is 9.59 Å². The molecule has 0 bridgehead atoms. The third kappa shape index (κ3) is 4.03. The molecule has 1 aromatic carbocycles. The van der Waals surface area contributed by atoms with Gasteiger partial charge in [-0.15, -0.1) is 0 Å². The lowest BCUT2D eigenvalue weighted by atomic mass is 10.3. The fourth-order valence-electron chi connectivity index (χ4n) is 2.51. The summed E-state index contributed by atoms with van der Waals surface area (Å²) in [6.07, 6.45) is 2.00. The molecule has 0 aliphatic carbocycles. The van der Waals surface area contributed by atoms with Crippen molar-refractivity contribution in [2.24, 2.45) is 0 Å². The van der Waals surface area contributed by atoms with Crippen LogP contribution >= 0.6 is 0 Å². The van der Waals surface area contributed by atoms with Gasteiger partial charge < -0.3 is 19.3 Å². The maximum atomic E-state index is 12.2. The number of nitrogens with zero attached hydrogens (tertiary/aromatic N) is 4. The van der Waals surface area contributed by atoms with Crippen LogP contribution in [0.2, 0.25) is 0 Å². The molecule has 3 aromatic rings. The molecule has 3 rings (SSSR count). The monoisotopic (exact) mass is 341 g/mol. The van der Waals surface area contributed by atoms with Gasteiger partial charge in [0.25, 0.3) is 0 Å². The van der Waals surface area contributed by atoms with Crippen molar-refractivity contribution in [3.05, 3.63) is 42.4 Å². The molecule has 0 radical (unpaired) electrons. The number of hydrogen-bond donors (Lipinski definition) is 1. The molecule has 1 N–H and O–H groups in total. The summed E-state index contributed by atoms with van der Waals surface area (Å²) in [6.45, 7) is 2.20. The predicted molar refractivity (Wildman–Crippen MR) is 91.9 cm³/mol. The molecule has 0 fully saturated rings. The number of likely N-dealkylation sites (N-methyl/N-ethyl adjacent to an activating group) is 1. The summed E-state index contributed by atoms with van der Waals surface area (Å²) in [6, 6.07) is 9.36. The highest BCUT2D eigenvalue weighted by Gasteiger charge is 2.14. The summed E-state index contributed by atoms with van der Waals surface area (Å²) in [7, 11) is 1.60. The first kappa shape index (κ1) is 16.7. The summed E-state index contributed by atoms with van der Waals surface area (Å²) >= 11 is 0. The maximum Gasteiger partial charge on any atom is 0.245 e. The molecule has 0 atom stereocenters. The van der Waals surface area contributed by atoms with Crippen molar-refractivity contribution in [1.29, 1.82) is 0 Å².